The molecule has 2 aromatic rings. The Balaban J connectivity index is 1.98. The molecule has 0 saturated heterocycles. The number of nitrogens with one attached hydrogen (secondary N) is 1. The van der Waals surface area contributed by atoms with Crippen LogP contribution in [0.15, 0.2) is 41.3 Å². The average Bonchev–Trinajstić information content (AvgIpc) is 2.73. The second-order valence-electron chi connectivity index (χ2n) is 9.19. The zero-order valence-electron chi connectivity index (χ0n) is 19.8. The summed E-state index contributed by atoms with van der Waals surface area (Å²) in [5.41, 5.74) is -2.75. The van der Waals surface area contributed by atoms with Crippen molar-refractivity contribution in [3.63, 3.8) is 0 Å². The van der Waals surface area contributed by atoms with Gasteiger partial charge in [0, 0.05) is 5.69 Å². The van der Waals surface area contributed by atoms with Crippen LogP contribution in [0.5, 0.6) is 5.75 Å². The molecule has 0 aliphatic carbocycles. The molecule has 1 N–H and O–H groups in total. The van der Waals surface area contributed by atoms with Crippen molar-refractivity contribution in [3.8, 4) is 5.75 Å². The summed E-state index contributed by atoms with van der Waals surface area (Å²) >= 11 is 5.80. The molecule has 0 bridgehead atoms. The first kappa shape index (κ1) is 27.9. The molecule has 0 radical (unpaired) electrons. The lowest BCUT2D eigenvalue weighted by atomic mass is 10.0. The van der Waals surface area contributed by atoms with E-state index >= 15 is 0 Å². The van der Waals surface area contributed by atoms with Crippen molar-refractivity contribution < 1.29 is 40.2 Å². The molecular formula is C23H25ClF4N2O5S. The number of anilines is 2. The van der Waals surface area contributed by atoms with Gasteiger partial charge in [-0.25, -0.2) is 17.6 Å². The van der Waals surface area contributed by atoms with Crippen molar-refractivity contribution in [3.05, 3.63) is 47.2 Å². The SMILES string of the molecule is CC(C)CC1CN(S(=O)(=O)c2ccc(F)c(Cl)c2)c2cc(NC(=O)OC(C)(C)C(F)(F)F)ccc2O1. The largest absolute Gasteiger partial charge is 0.486 e. The lowest BCUT2D eigenvalue weighted by molar-refractivity contribution is -0.242. The third-order valence-corrected chi connectivity index (χ3v) is 7.45. The normalized spacial score (nSPS) is 16.4. The molecule has 7 nitrogen and oxygen atoms in total. The third-order valence-electron chi connectivity index (χ3n) is 5.38. The number of nitrogens with zero attached hydrogens (tertiary/aromatic N) is 1. The van der Waals surface area contributed by atoms with Crippen LogP contribution in [0.4, 0.5) is 33.7 Å². The van der Waals surface area contributed by atoms with Gasteiger partial charge in [0.2, 0.25) is 5.60 Å². The Morgan fingerprint density at radius 1 is 1.22 bits per heavy atom. The maximum Gasteiger partial charge on any atom is 0.427 e. The van der Waals surface area contributed by atoms with Gasteiger partial charge in [0.15, 0.2) is 0 Å². The molecule has 13 heteroatoms. The molecule has 2 aromatic carbocycles. The number of ether oxygens (including phenoxy) is 2. The third kappa shape index (κ3) is 5.97. The first-order chi connectivity index (χ1) is 16.5. The van der Waals surface area contributed by atoms with Crippen molar-refractivity contribution in [2.45, 2.75) is 56.9 Å². The van der Waals surface area contributed by atoms with Gasteiger partial charge in [-0.1, -0.05) is 25.4 Å². The lowest BCUT2D eigenvalue weighted by Crippen LogP contribution is -2.44. The molecule has 1 unspecified atom stereocenters. The monoisotopic (exact) mass is 552 g/mol. The minimum atomic E-state index is -4.80. The minimum absolute atomic E-state index is 0.0278. The summed E-state index contributed by atoms with van der Waals surface area (Å²) in [6, 6.07) is 6.97. The van der Waals surface area contributed by atoms with E-state index in [9.17, 15) is 30.8 Å². The molecule has 0 saturated carbocycles. The fraction of sp³-hybridized carbons (Fsp3) is 0.435. The number of hydrogen-bond donors (Lipinski definition) is 1. The highest BCUT2D eigenvalue weighted by atomic mass is 35.5. The number of carbonyl (C=O) groups is 1. The molecule has 36 heavy (non-hydrogen) atoms. The van der Waals surface area contributed by atoms with Crippen molar-refractivity contribution in [2.75, 3.05) is 16.2 Å². The van der Waals surface area contributed by atoms with Gasteiger partial charge in [-0.2, -0.15) is 13.2 Å². The Bertz CT molecular complexity index is 1250. The Labute approximate surface area is 211 Å². The number of amides is 1. The van der Waals surface area contributed by atoms with E-state index in [2.05, 4.69) is 10.1 Å². The quantitative estimate of drug-likeness (QED) is 0.421. The number of hydrogen-bond acceptors (Lipinski definition) is 5. The van der Waals surface area contributed by atoms with Gasteiger partial charge in [-0.15, -0.1) is 0 Å². The predicted molar refractivity (Wildman–Crippen MR) is 126 cm³/mol. The molecule has 0 aromatic heterocycles. The maximum absolute atomic E-state index is 13.7. The van der Waals surface area contributed by atoms with E-state index in [0.717, 1.165) is 22.5 Å². The number of fused-ring (bicyclic) bond motifs is 1. The number of sulfonamides is 1. The second kappa shape index (κ2) is 9.97. The van der Waals surface area contributed by atoms with Gasteiger partial charge in [0.1, 0.15) is 17.7 Å². The summed E-state index contributed by atoms with van der Waals surface area (Å²) in [4.78, 5) is 11.9. The average molecular weight is 553 g/mol. The summed E-state index contributed by atoms with van der Waals surface area (Å²) in [5.74, 6) is -0.435. The van der Waals surface area contributed by atoms with Crippen LogP contribution in [-0.4, -0.2) is 38.9 Å². The molecule has 1 heterocycles. The van der Waals surface area contributed by atoms with Gasteiger partial charge in [0.25, 0.3) is 10.0 Å². The smallest absolute Gasteiger partial charge is 0.427 e. The molecule has 1 aliphatic rings. The van der Waals surface area contributed by atoms with E-state index in [1.807, 2.05) is 13.8 Å². The minimum Gasteiger partial charge on any atom is -0.486 e. The van der Waals surface area contributed by atoms with Gasteiger partial charge in [-0.3, -0.25) is 9.62 Å². The van der Waals surface area contributed by atoms with Gasteiger partial charge in [0.05, 0.1) is 22.2 Å². The molecule has 1 atom stereocenters. The highest BCUT2D eigenvalue weighted by Crippen LogP contribution is 2.40. The van der Waals surface area contributed by atoms with Crippen molar-refractivity contribution in [2.24, 2.45) is 5.92 Å². The van der Waals surface area contributed by atoms with Crippen molar-refractivity contribution in [1.29, 1.82) is 0 Å². The first-order valence-corrected chi connectivity index (χ1v) is 12.7. The summed E-state index contributed by atoms with van der Waals surface area (Å²) in [7, 11) is -4.27. The zero-order valence-corrected chi connectivity index (χ0v) is 21.4. The molecule has 1 aliphatic heterocycles. The fourth-order valence-corrected chi connectivity index (χ4v) is 5.23. The number of carbonyl (C=O) groups excluding carboxylic acids is 1. The zero-order chi connectivity index (χ0) is 27.1. The number of benzene rings is 2. The predicted octanol–water partition coefficient (Wildman–Crippen LogP) is 6.37. The Kier molecular flexibility index (Phi) is 7.71. The van der Waals surface area contributed by atoms with Crippen LogP contribution >= 0.6 is 11.6 Å². The summed E-state index contributed by atoms with van der Waals surface area (Å²) in [6.07, 6.45) is -6.18. The van der Waals surface area contributed by atoms with E-state index in [4.69, 9.17) is 16.3 Å². The molecule has 0 fully saturated rings. The van der Waals surface area contributed by atoms with Crippen molar-refractivity contribution >= 4 is 39.1 Å². The van der Waals surface area contributed by atoms with Gasteiger partial charge < -0.3 is 9.47 Å². The topological polar surface area (TPSA) is 84.9 Å². The Morgan fingerprint density at radius 2 is 1.89 bits per heavy atom. The molecular weight excluding hydrogens is 528 g/mol. The van der Waals surface area contributed by atoms with Gasteiger partial charge >= 0.3 is 12.3 Å². The Morgan fingerprint density at radius 3 is 2.47 bits per heavy atom. The molecule has 0 spiro atoms. The van der Waals surface area contributed by atoms with Crippen LogP contribution < -0.4 is 14.4 Å². The summed E-state index contributed by atoms with van der Waals surface area (Å²) < 4.78 is 91.4. The van der Waals surface area contributed by atoms with Crippen LogP contribution in [0.25, 0.3) is 0 Å². The Hall–Kier alpha value is -2.73. The maximum atomic E-state index is 13.7. The summed E-state index contributed by atoms with van der Waals surface area (Å²) in [6.45, 7) is 5.18. The molecule has 3 rings (SSSR count). The van der Waals surface area contributed by atoms with Crippen LogP contribution in [0.2, 0.25) is 5.02 Å². The number of alkyl halides is 3. The highest BCUT2D eigenvalue weighted by Gasteiger charge is 2.51. The van der Waals surface area contributed by atoms with E-state index in [1.165, 1.54) is 18.2 Å². The van der Waals surface area contributed by atoms with Crippen LogP contribution in [0.1, 0.15) is 34.1 Å². The first-order valence-electron chi connectivity index (χ1n) is 10.9. The van der Waals surface area contributed by atoms with E-state index in [-0.39, 0.29) is 39.5 Å². The number of halogens is 5. The standard InChI is InChI=1S/C23H25ClF4N2O5S/c1-13(2)9-15-12-30(36(32,33)16-6-7-18(25)17(24)11-16)19-10-14(5-8-20(19)34-15)29-21(31)35-22(3,4)23(26,27)28/h5-8,10-11,13,15H,9,12H2,1-4H3,(H,29,31). The van der Waals surface area contributed by atoms with E-state index in [0.29, 0.717) is 20.3 Å². The highest BCUT2D eigenvalue weighted by molar-refractivity contribution is 7.92. The number of rotatable bonds is 6. The summed E-state index contributed by atoms with van der Waals surface area (Å²) in [5, 5.41) is 1.80. The van der Waals surface area contributed by atoms with Crippen LogP contribution in [-0.2, 0) is 14.8 Å². The van der Waals surface area contributed by atoms with Crippen LogP contribution in [0, 0.1) is 11.7 Å². The van der Waals surface area contributed by atoms with Gasteiger partial charge in [-0.05, 0) is 62.6 Å². The van der Waals surface area contributed by atoms with Crippen LogP contribution in [0.3, 0.4) is 0 Å². The van der Waals surface area contributed by atoms with E-state index in [1.54, 1.807) is 0 Å². The fourth-order valence-electron chi connectivity index (χ4n) is 3.46. The molecule has 198 valence electrons. The molecule has 1 amide bonds. The van der Waals surface area contributed by atoms with E-state index < -0.39 is 39.8 Å². The van der Waals surface area contributed by atoms with Crippen molar-refractivity contribution in [1.82, 2.24) is 0 Å². The second-order valence-corrected chi connectivity index (χ2v) is 11.5. The lowest BCUT2D eigenvalue weighted by Gasteiger charge is -2.36.